The lowest BCUT2D eigenvalue weighted by molar-refractivity contribution is 0.0804. The molecular formula is C13H18N2O. The summed E-state index contributed by atoms with van der Waals surface area (Å²) in [6.45, 7) is 5.98. The first-order chi connectivity index (χ1) is 7.58. The van der Waals surface area contributed by atoms with Crippen molar-refractivity contribution in [2.45, 2.75) is 40.0 Å². The summed E-state index contributed by atoms with van der Waals surface area (Å²) in [5.74, 6) is 0.260. The third-order valence-corrected chi connectivity index (χ3v) is 3.21. The van der Waals surface area contributed by atoms with Crippen LogP contribution in [0, 0.1) is 19.8 Å². The quantitative estimate of drug-likeness (QED) is 0.679. The molecule has 3 heteroatoms. The molecule has 16 heavy (non-hydrogen) atoms. The first-order valence-corrected chi connectivity index (χ1v) is 5.81. The molecule has 1 aliphatic rings. The molecular weight excluding hydrogens is 200 g/mol. The van der Waals surface area contributed by atoms with Crippen molar-refractivity contribution in [2.24, 2.45) is 5.92 Å². The minimum atomic E-state index is 0.113. The Morgan fingerprint density at radius 2 is 2.19 bits per heavy atom. The molecule has 0 N–H and O–H groups in total. The highest BCUT2D eigenvalue weighted by molar-refractivity contribution is 5.81. The maximum absolute atomic E-state index is 12.2. The molecule has 3 nitrogen and oxygen atoms in total. The van der Waals surface area contributed by atoms with Crippen LogP contribution >= 0.6 is 0 Å². The molecule has 1 heterocycles. The number of carbonyl (C=O) groups excluding carboxylic acids is 1. The normalized spacial score (nSPS) is 20.7. The van der Waals surface area contributed by atoms with Gasteiger partial charge in [0.2, 0.25) is 0 Å². The van der Waals surface area contributed by atoms with Crippen LogP contribution in [-0.2, 0) is 0 Å². The molecule has 2 rings (SSSR count). The van der Waals surface area contributed by atoms with Gasteiger partial charge in [-0.25, -0.2) is 4.68 Å². The highest BCUT2D eigenvalue weighted by atomic mass is 16.2. The summed E-state index contributed by atoms with van der Waals surface area (Å²) in [6.07, 6.45) is 5.04. The molecule has 1 aromatic rings. The zero-order valence-electron chi connectivity index (χ0n) is 10.2. The van der Waals surface area contributed by atoms with Crippen LogP contribution in [0.5, 0.6) is 0 Å². The summed E-state index contributed by atoms with van der Waals surface area (Å²) in [4.78, 5) is 12.2. The van der Waals surface area contributed by atoms with Gasteiger partial charge in [0.1, 0.15) is 0 Å². The van der Waals surface area contributed by atoms with Gasteiger partial charge in [-0.15, -0.1) is 0 Å². The Morgan fingerprint density at radius 3 is 2.69 bits per heavy atom. The first-order valence-electron chi connectivity index (χ1n) is 5.81. The van der Waals surface area contributed by atoms with Crippen LogP contribution in [-0.4, -0.2) is 15.7 Å². The molecule has 0 bridgehead atoms. The van der Waals surface area contributed by atoms with Gasteiger partial charge in [-0.1, -0.05) is 11.6 Å². The van der Waals surface area contributed by atoms with E-state index in [0.717, 1.165) is 30.7 Å². The van der Waals surface area contributed by atoms with E-state index in [0.29, 0.717) is 0 Å². The molecule has 0 saturated heterocycles. The molecule has 0 aliphatic heterocycles. The van der Waals surface area contributed by atoms with Gasteiger partial charge in [0.05, 0.1) is 5.69 Å². The van der Waals surface area contributed by atoms with E-state index in [9.17, 15) is 4.79 Å². The van der Waals surface area contributed by atoms with Crippen LogP contribution in [0.25, 0.3) is 0 Å². The lowest BCUT2D eigenvalue weighted by atomic mass is 9.90. The van der Waals surface area contributed by atoms with Crippen LogP contribution < -0.4 is 0 Å². The van der Waals surface area contributed by atoms with Crippen molar-refractivity contribution in [1.82, 2.24) is 9.78 Å². The maximum atomic E-state index is 12.2. The fraction of sp³-hybridized carbons (Fsp3) is 0.538. The maximum Gasteiger partial charge on any atom is 0.250 e. The first kappa shape index (κ1) is 11.1. The van der Waals surface area contributed by atoms with E-state index in [2.05, 4.69) is 18.1 Å². The van der Waals surface area contributed by atoms with E-state index in [4.69, 9.17) is 0 Å². The third kappa shape index (κ3) is 2.08. The average molecular weight is 218 g/mol. The number of rotatable bonds is 1. The van der Waals surface area contributed by atoms with Crippen LogP contribution in [0.3, 0.4) is 0 Å². The summed E-state index contributed by atoms with van der Waals surface area (Å²) in [5, 5.41) is 4.25. The summed E-state index contributed by atoms with van der Waals surface area (Å²) in [6, 6.07) is 1.95. The van der Waals surface area contributed by atoms with Crippen molar-refractivity contribution in [3.8, 4) is 0 Å². The predicted molar refractivity (Wildman–Crippen MR) is 63.4 cm³/mol. The van der Waals surface area contributed by atoms with Crippen LogP contribution in [0.2, 0.25) is 0 Å². The molecule has 0 saturated carbocycles. The molecule has 0 amide bonds. The second-order valence-corrected chi connectivity index (χ2v) is 4.70. The van der Waals surface area contributed by atoms with E-state index in [1.807, 2.05) is 19.9 Å². The van der Waals surface area contributed by atoms with Crippen molar-refractivity contribution in [3.63, 3.8) is 0 Å². The summed E-state index contributed by atoms with van der Waals surface area (Å²) < 4.78 is 1.56. The van der Waals surface area contributed by atoms with Crippen molar-refractivity contribution in [1.29, 1.82) is 0 Å². The summed E-state index contributed by atoms with van der Waals surface area (Å²) in [5.41, 5.74) is 3.25. The fourth-order valence-corrected chi connectivity index (χ4v) is 2.21. The Hall–Kier alpha value is -1.38. The molecule has 0 radical (unpaired) electrons. The molecule has 1 unspecified atom stereocenters. The third-order valence-electron chi connectivity index (χ3n) is 3.21. The van der Waals surface area contributed by atoms with E-state index < -0.39 is 0 Å². The standard InChI is InChI=1S/C13H18N2O/c1-9-4-6-12(7-5-9)13(16)15-11(3)8-10(2)14-15/h4,8,12H,5-7H2,1-3H3. The molecule has 86 valence electrons. The smallest absolute Gasteiger partial charge is 0.250 e. The van der Waals surface area contributed by atoms with Crippen LogP contribution in [0.15, 0.2) is 17.7 Å². The molecule has 1 aliphatic carbocycles. The molecule has 1 aromatic heterocycles. The second kappa shape index (κ2) is 4.24. The van der Waals surface area contributed by atoms with Crippen LogP contribution in [0.1, 0.15) is 42.4 Å². The topological polar surface area (TPSA) is 34.9 Å². The molecule has 0 spiro atoms. The number of hydrogen-bond donors (Lipinski definition) is 0. The van der Waals surface area contributed by atoms with Gasteiger partial charge in [0.25, 0.3) is 5.91 Å². The van der Waals surface area contributed by atoms with Crippen molar-refractivity contribution in [3.05, 3.63) is 29.1 Å². The largest absolute Gasteiger partial charge is 0.272 e. The Kier molecular flexibility index (Phi) is 2.95. The van der Waals surface area contributed by atoms with E-state index in [1.54, 1.807) is 4.68 Å². The van der Waals surface area contributed by atoms with Gasteiger partial charge in [0.15, 0.2) is 0 Å². The SMILES string of the molecule is CC1=CCC(C(=O)n2nc(C)cc2C)CC1. The van der Waals surface area contributed by atoms with E-state index in [1.165, 1.54) is 5.57 Å². The zero-order chi connectivity index (χ0) is 11.7. The average Bonchev–Trinajstić information content (AvgIpc) is 2.58. The van der Waals surface area contributed by atoms with Gasteiger partial charge in [-0.3, -0.25) is 4.79 Å². The van der Waals surface area contributed by atoms with Crippen molar-refractivity contribution >= 4 is 5.91 Å². The van der Waals surface area contributed by atoms with Gasteiger partial charge in [-0.05, 0) is 46.1 Å². The van der Waals surface area contributed by atoms with Gasteiger partial charge < -0.3 is 0 Å². The van der Waals surface area contributed by atoms with Crippen molar-refractivity contribution < 1.29 is 4.79 Å². The predicted octanol–water partition coefficient (Wildman–Crippen LogP) is 2.89. The highest BCUT2D eigenvalue weighted by Crippen LogP contribution is 2.24. The second-order valence-electron chi connectivity index (χ2n) is 4.70. The minimum Gasteiger partial charge on any atom is -0.272 e. The summed E-state index contributed by atoms with van der Waals surface area (Å²) in [7, 11) is 0. The number of nitrogens with zero attached hydrogens (tertiary/aromatic N) is 2. The highest BCUT2D eigenvalue weighted by Gasteiger charge is 2.23. The molecule has 1 atom stereocenters. The lowest BCUT2D eigenvalue weighted by Gasteiger charge is -2.19. The number of aromatic nitrogens is 2. The Labute approximate surface area is 96.2 Å². The van der Waals surface area contributed by atoms with E-state index >= 15 is 0 Å². The van der Waals surface area contributed by atoms with Crippen LogP contribution in [0.4, 0.5) is 0 Å². The zero-order valence-corrected chi connectivity index (χ0v) is 10.2. The van der Waals surface area contributed by atoms with E-state index in [-0.39, 0.29) is 11.8 Å². The van der Waals surface area contributed by atoms with Gasteiger partial charge in [0, 0.05) is 11.6 Å². The monoisotopic (exact) mass is 218 g/mol. The number of aryl methyl sites for hydroxylation is 2. The number of allylic oxidation sites excluding steroid dienone is 2. The number of carbonyl (C=O) groups is 1. The molecule has 0 fully saturated rings. The Morgan fingerprint density at radius 1 is 1.44 bits per heavy atom. The lowest BCUT2D eigenvalue weighted by Crippen LogP contribution is -2.25. The fourth-order valence-electron chi connectivity index (χ4n) is 2.21. The molecule has 0 aromatic carbocycles. The Balaban J connectivity index is 2.17. The number of hydrogen-bond acceptors (Lipinski definition) is 2. The Bertz CT molecular complexity index is 443. The van der Waals surface area contributed by atoms with Gasteiger partial charge in [-0.2, -0.15) is 5.10 Å². The summed E-state index contributed by atoms with van der Waals surface area (Å²) >= 11 is 0. The van der Waals surface area contributed by atoms with Crippen molar-refractivity contribution in [2.75, 3.05) is 0 Å². The minimum absolute atomic E-state index is 0.113. The van der Waals surface area contributed by atoms with Gasteiger partial charge >= 0.3 is 0 Å².